The highest BCUT2D eigenvalue weighted by atomic mass is 16.6. The minimum absolute atomic E-state index is 0.276. The molecule has 4 aromatic rings. The smallest absolute Gasteiger partial charge is 0.412 e. The lowest BCUT2D eigenvalue weighted by atomic mass is 10.1. The predicted octanol–water partition coefficient (Wildman–Crippen LogP) is 7.14. The minimum atomic E-state index is -0.584. The van der Waals surface area contributed by atoms with Crippen LogP contribution >= 0.6 is 0 Å². The lowest BCUT2D eigenvalue weighted by Crippen LogP contribution is -2.27. The van der Waals surface area contributed by atoms with Gasteiger partial charge in [-0.3, -0.25) is 5.32 Å². The number of amides is 1. The minimum Gasteiger partial charge on any atom is -0.457 e. The van der Waals surface area contributed by atoms with Crippen molar-refractivity contribution in [2.45, 2.75) is 32.9 Å². The molecule has 3 aromatic carbocycles. The Morgan fingerprint density at radius 1 is 0.833 bits per heavy atom. The topological polar surface area (TPSA) is 95.7 Å². The van der Waals surface area contributed by atoms with Crippen molar-refractivity contribution in [2.75, 3.05) is 5.32 Å². The number of anilines is 1. The summed E-state index contributed by atoms with van der Waals surface area (Å²) in [6, 6.07) is 28.0. The zero-order valence-corrected chi connectivity index (χ0v) is 20.5. The highest BCUT2D eigenvalue weighted by molar-refractivity contribution is 5.86. The molecule has 0 unspecified atom stereocenters. The normalized spacial score (nSPS) is 11.0. The van der Waals surface area contributed by atoms with Gasteiger partial charge in [-0.1, -0.05) is 36.4 Å². The summed E-state index contributed by atoms with van der Waals surface area (Å²) in [6.07, 6.45) is -0.519. The first-order valence-electron chi connectivity index (χ1n) is 11.6. The summed E-state index contributed by atoms with van der Waals surface area (Å²) in [6.45, 7) is 5.73. The standard InChI is InChI=1S/C29H29N3O4/c1-29(2,3)36-28(33)31-22-9-7-8-20(18-22)26-17-12-21(19-30)27(32-26)35-25-15-13-24(14-16-25)34-23-10-5-4-6-11-23/h4-18H,19,30H2,1-3H3,(H,31,33). The van der Waals surface area contributed by atoms with E-state index < -0.39 is 11.7 Å². The van der Waals surface area contributed by atoms with Crippen molar-refractivity contribution in [1.29, 1.82) is 0 Å². The van der Waals surface area contributed by atoms with Crippen LogP contribution in [0.15, 0.2) is 91.0 Å². The fourth-order valence-corrected chi connectivity index (χ4v) is 3.36. The largest absolute Gasteiger partial charge is 0.457 e. The number of nitrogens with one attached hydrogen (secondary N) is 1. The van der Waals surface area contributed by atoms with Crippen molar-refractivity contribution < 1.29 is 19.0 Å². The molecule has 3 N–H and O–H groups in total. The van der Waals surface area contributed by atoms with Gasteiger partial charge in [0.1, 0.15) is 22.8 Å². The Morgan fingerprint density at radius 3 is 2.17 bits per heavy atom. The van der Waals surface area contributed by atoms with E-state index in [-0.39, 0.29) is 6.54 Å². The third-order valence-electron chi connectivity index (χ3n) is 4.98. The van der Waals surface area contributed by atoms with E-state index in [1.54, 1.807) is 6.07 Å². The molecule has 0 atom stereocenters. The van der Waals surface area contributed by atoms with E-state index in [9.17, 15) is 4.79 Å². The van der Waals surface area contributed by atoms with Crippen LogP contribution < -0.4 is 20.5 Å². The van der Waals surface area contributed by atoms with Crippen LogP contribution in [-0.4, -0.2) is 16.7 Å². The monoisotopic (exact) mass is 483 g/mol. The molecule has 1 amide bonds. The molecule has 7 nitrogen and oxygen atoms in total. The van der Waals surface area contributed by atoms with Gasteiger partial charge in [-0.2, -0.15) is 0 Å². The first-order valence-corrected chi connectivity index (χ1v) is 11.6. The average molecular weight is 484 g/mol. The molecule has 7 heteroatoms. The van der Waals surface area contributed by atoms with E-state index in [2.05, 4.69) is 5.32 Å². The third-order valence-corrected chi connectivity index (χ3v) is 4.98. The number of nitrogens with two attached hydrogens (primary N) is 1. The number of rotatable bonds is 7. The van der Waals surface area contributed by atoms with Crippen LogP contribution in [0.5, 0.6) is 23.1 Å². The van der Waals surface area contributed by atoms with Crippen molar-refractivity contribution >= 4 is 11.8 Å². The van der Waals surface area contributed by atoms with Gasteiger partial charge in [0.2, 0.25) is 5.88 Å². The Balaban J connectivity index is 1.51. The fourth-order valence-electron chi connectivity index (χ4n) is 3.36. The summed E-state index contributed by atoms with van der Waals surface area (Å²) in [5.41, 5.74) is 8.21. The molecular weight excluding hydrogens is 454 g/mol. The van der Waals surface area contributed by atoms with Crippen LogP contribution in [0, 0.1) is 0 Å². The summed E-state index contributed by atoms with van der Waals surface area (Å²) in [5.74, 6) is 2.48. The van der Waals surface area contributed by atoms with E-state index in [0.717, 1.165) is 16.9 Å². The van der Waals surface area contributed by atoms with Gasteiger partial charge in [0.25, 0.3) is 0 Å². The molecule has 0 bridgehead atoms. The zero-order chi connectivity index (χ0) is 25.5. The van der Waals surface area contributed by atoms with Gasteiger partial charge < -0.3 is 19.9 Å². The van der Waals surface area contributed by atoms with Crippen LogP contribution in [-0.2, 0) is 11.3 Å². The third kappa shape index (κ3) is 6.84. The number of para-hydroxylation sites is 1. The Labute approximate surface area is 210 Å². The highest BCUT2D eigenvalue weighted by Gasteiger charge is 2.16. The molecular formula is C29H29N3O4. The van der Waals surface area contributed by atoms with Crippen molar-refractivity contribution in [3.05, 3.63) is 96.6 Å². The Morgan fingerprint density at radius 2 is 1.50 bits per heavy atom. The van der Waals surface area contributed by atoms with Gasteiger partial charge >= 0.3 is 6.09 Å². The Kier molecular flexibility index (Phi) is 7.51. The zero-order valence-electron chi connectivity index (χ0n) is 20.5. The fraction of sp³-hybridized carbons (Fsp3) is 0.172. The SMILES string of the molecule is CC(C)(C)OC(=O)Nc1cccc(-c2ccc(CN)c(Oc3ccc(Oc4ccccc4)cc3)n2)c1. The second-order valence-corrected chi connectivity index (χ2v) is 9.06. The number of benzene rings is 3. The molecule has 0 saturated carbocycles. The summed E-state index contributed by atoms with van der Waals surface area (Å²) in [4.78, 5) is 16.9. The van der Waals surface area contributed by atoms with Crippen molar-refractivity contribution in [3.8, 4) is 34.4 Å². The van der Waals surface area contributed by atoms with Gasteiger partial charge in [-0.25, -0.2) is 9.78 Å². The molecule has 0 aliphatic heterocycles. The van der Waals surface area contributed by atoms with Crippen molar-refractivity contribution in [2.24, 2.45) is 5.73 Å². The van der Waals surface area contributed by atoms with Gasteiger partial charge in [-0.15, -0.1) is 0 Å². The predicted molar refractivity (Wildman–Crippen MR) is 140 cm³/mol. The van der Waals surface area contributed by atoms with Gasteiger partial charge in [0.05, 0.1) is 5.69 Å². The maximum Gasteiger partial charge on any atom is 0.412 e. The number of ether oxygens (including phenoxy) is 3. The molecule has 0 fully saturated rings. The first kappa shape index (κ1) is 24.8. The van der Waals surface area contributed by atoms with E-state index in [1.807, 2.05) is 106 Å². The van der Waals surface area contributed by atoms with Gasteiger partial charge in [0, 0.05) is 23.4 Å². The Hall–Kier alpha value is -4.36. The molecule has 0 aliphatic carbocycles. The summed E-state index contributed by atoms with van der Waals surface area (Å²) in [7, 11) is 0. The molecule has 184 valence electrons. The van der Waals surface area contributed by atoms with Crippen LogP contribution in [0.25, 0.3) is 11.3 Å². The second kappa shape index (κ2) is 10.9. The molecule has 0 saturated heterocycles. The summed E-state index contributed by atoms with van der Waals surface area (Å²) < 4.78 is 17.3. The lowest BCUT2D eigenvalue weighted by Gasteiger charge is -2.19. The Bertz CT molecular complexity index is 1320. The number of hydrogen-bond donors (Lipinski definition) is 2. The van der Waals surface area contributed by atoms with E-state index >= 15 is 0 Å². The highest BCUT2D eigenvalue weighted by Crippen LogP contribution is 2.30. The van der Waals surface area contributed by atoms with Crippen LogP contribution in [0.4, 0.5) is 10.5 Å². The maximum absolute atomic E-state index is 12.2. The number of pyridine rings is 1. The molecule has 0 aliphatic rings. The number of hydrogen-bond acceptors (Lipinski definition) is 6. The van der Waals surface area contributed by atoms with Crippen LogP contribution in [0.1, 0.15) is 26.3 Å². The van der Waals surface area contributed by atoms with Crippen molar-refractivity contribution in [3.63, 3.8) is 0 Å². The lowest BCUT2D eigenvalue weighted by molar-refractivity contribution is 0.0636. The van der Waals surface area contributed by atoms with Crippen LogP contribution in [0.2, 0.25) is 0 Å². The molecule has 4 rings (SSSR count). The van der Waals surface area contributed by atoms with Gasteiger partial charge in [0.15, 0.2) is 0 Å². The molecule has 0 spiro atoms. The number of carbonyl (C=O) groups excluding carboxylic acids is 1. The molecule has 1 aromatic heterocycles. The number of aromatic nitrogens is 1. The first-order chi connectivity index (χ1) is 17.3. The quantitative estimate of drug-likeness (QED) is 0.290. The van der Waals surface area contributed by atoms with Crippen molar-refractivity contribution in [1.82, 2.24) is 4.98 Å². The molecule has 36 heavy (non-hydrogen) atoms. The molecule has 1 heterocycles. The summed E-state index contributed by atoms with van der Waals surface area (Å²) in [5, 5.41) is 2.76. The van der Waals surface area contributed by atoms with Gasteiger partial charge in [-0.05, 0) is 75.4 Å². The molecule has 0 radical (unpaired) electrons. The van der Waals surface area contributed by atoms with E-state index in [4.69, 9.17) is 24.9 Å². The van der Waals surface area contributed by atoms with E-state index in [1.165, 1.54) is 0 Å². The second-order valence-electron chi connectivity index (χ2n) is 9.06. The van der Waals surface area contributed by atoms with E-state index in [0.29, 0.717) is 28.8 Å². The average Bonchev–Trinajstić information content (AvgIpc) is 2.85. The summed E-state index contributed by atoms with van der Waals surface area (Å²) >= 11 is 0. The maximum atomic E-state index is 12.2. The number of nitrogens with zero attached hydrogens (tertiary/aromatic N) is 1. The number of carbonyl (C=O) groups is 1. The van der Waals surface area contributed by atoms with Crippen LogP contribution in [0.3, 0.4) is 0 Å².